The predicted molar refractivity (Wildman–Crippen MR) is 68.3 cm³/mol. The molecule has 0 bridgehead atoms. The number of hydrogen-bond acceptors (Lipinski definition) is 2. The number of imidazole rings is 1. The molecule has 1 aromatic rings. The molecule has 92 valence electrons. The van der Waals surface area contributed by atoms with Crippen LogP contribution in [0.2, 0.25) is 0 Å². The third-order valence-corrected chi connectivity index (χ3v) is 3.39. The maximum absolute atomic E-state index is 4.42. The molecular formula is C13H25N3. The standard InChI is InChI=1S/C13H25N3/c1-5-11(6-2)10-15-12(7-3)13-14-8-9-16(13)4/h8-9,11-12,15H,5-7,10H2,1-4H3. The van der Waals surface area contributed by atoms with Crippen LogP contribution in [0.15, 0.2) is 12.4 Å². The summed E-state index contributed by atoms with van der Waals surface area (Å²) >= 11 is 0. The molecule has 1 aromatic heterocycles. The largest absolute Gasteiger partial charge is 0.337 e. The molecule has 1 heterocycles. The Labute approximate surface area is 99.3 Å². The lowest BCUT2D eigenvalue weighted by molar-refractivity contribution is 0.393. The summed E-state index contributed by atoms with van der Waals surface area (Å²) in [4.78, 5) is 4.42. The van der Waals surface area contributed by atoms with Gasteiger partial charge in [0.1, 0.15) is 5.82 Å². The summed E-state index contributed by atoms with van der Waals surface area (Å²) in [5, 5.41) is 3.63. The fourth-order valence-electron chi connectivity index (χ4n) is 2.02. The van der Waals surface area contributed by atoms with Crippen LogP contribution in [0.5, 0.6) is 0 Å². The minimum Gasteiger partial charge on any atom is -0.337 e. The predicted octanol–water partition coefficient (Wildman–Crippen LogP) is 2.90. The number of aryl methyl sites for hydroxylation is 1. The third-order valence-electron chi connectivity index (χ3n) is 3.39. The van der Waals surface area contributed by atoms with Gasteiger partial charge in [-0.25, -0.2) is 4.98 Å². The summed E-state index contributed by atoms with van der Waals surface area (Å²) in [6.45, 7) is 7.83. The molecule has 0 saturated heterocycles. The van der Waals surface area contributed by atoms with Gasteiger partial charge < -0.3 is 9.88 Å². The van der Waals surface area contributed by atoms with Gasteiger partial charge in [-0.2, -0.15) is 0 Å². The van der Waals surface area contributed by atoms with Gasteiger partial charge in [-0.05, 0) is 18.9 Å². The molecule has 0 fully saturated rings. The molecule has 0 saturated carbocycles. The highest BCUT2D eigenvalue weighted by molar-refractivity contribution is 4.98. The van der Waals surface area contributed by atoms with E-state index < -0.39 is 0 Å². The first-order chi connectivity index (χ1) is 7.72. The molecule has 1 atom stereocenters. The van der Waals surface area contributed by atoms with Crippen molar-refractivity contribution in [3.63, 3.8) is 0 Å². The lowest BCUT2D eigenvalue weighted by Gasteiger charge is -2.20. The van der Waals surface area contributed by atoms with Crippen molar-refractivity contribution in [1.82, 2.24) is 14.9 Å². The van der Waals surface area contributed by atoms with E-state index in [1.54, 1.807) is 0 Å². The van der Waals surface area contributed by atoms with Crippen LogP contribution in [0.1, 0.15) is 51.9 Å². The van der Waals surface area contributed by atoms with Crippen molar-refractivity contribution in [2.75, 3.05) is 6.54 Å². The van der Waals surface area contributed by atoms with E-state index in [1.807, 2.05) is 12.4 Å². The summed E-state index contributed by atoms with van der Waals surface area (Å²) in [6, 6.07) is 0.389. The maximum atomic E-state index is 4.42. The summed E-state index contributed by atoms with van der Waals surface area (Å²) in [6.07, 6.45) is 7.47. The van der Waals surface area contributed by atoms with Crippen LogP contribution < -0.4 is 5.32 Å². The van der Waals surface area contributed by atoms with Gasteiger partial charge in [-0.3, -0.25) is 0 Å². The molecule has 0 aliphatic rings. The quantitative estimate of drug-likeness (QED) is 0.770. The van der Waals surface area contributed by atoms with Crippen LogP contribution in [0, 0.1) is 5.92 Å². The highest BCUT2D eigenvalue weighted by Gasteiger charge is 2.14. The van der Waals surface area contributed by atoms with E-state index in [9.17, 15) is 0 Å². The zero-order chi connectivity index (χ0) is 12.0. The van der Waals surface area contributed by atoms with Gasteiger partial charge in [-0.15, -0.1) is 0 Å². The van der Waals surface area contributed by atoms with Gasteiger partial charge in [0.25, 0.3) is 0 Å². The molecule has 16 heavy (non-hydrogen) atoms. The zero-order valence-electron chi connectivity index (χ0n) is 11.0. The molecule has 3 nitrogen and oxygen atoms in total. The number of rotatable bonds is 7. The average molecular weight is 223 g/mol. The van der Waals surface area contributed by atoms with E-state index in [0.717, 1.165) is 24.7 Å². The van der Waals surface area contributed by atoms with Crippen molar-refractivity contribution in [2.24, 2.45) is 13.0 Å². The molecule has 3 heteroatoms. The van der Waals surface area contributed by atoms with Gasteiger partial charge in [0.05, 0.1) is 6.04 Å². The van der Waals surface area contributed by atoms with Gasteiger partial charge in [0.15, 0.2) is 0 Å². The molecular weight excluding hydrogens is 198 g/mol. The van der Waals surface area contributed by atoms with Crippen molar-refractivity contribution in [1.29, 1.82) is 0 Å². The topological polar surface area (TPSA) is 29.9 Å². The molecule has 0 aromatic carbocycles. The SMILES string of the molecule is CCC(CC)CNC(CC)c1nccn1C. The highest BCUT2D eigenvalue weighted by Crippen LogP contribution is 2.15. The fraction of sp³-hybridized carbons (Fsp3) is 0.769. The molecule has 1 N–H and O–H groups in total. The zero-order valence-corrected chi connectivity index (χ0v) is 11.0. The summed E-state index contributed by atoms with van der Waals surface area (Å²) in [7, 11) is 2.06. The monoisotopic (exact) mass is 223 g/mol. The Morgan fingerprint density at radius 2 is 1.94 bits per heavy atom. The maximum Gasteiger partial charge on any atom is 0.125 e. The van der Waals surface area contributed by atoms with Crippen molar-refractivity contribution in [2.45, 2.75) is 46.1 Å². The lowest BCUT2D eigenvalue weighted by atomic mass is 10.0. The van der Waals surface area contributed by atoms with E-state index >= 15 is 0 Å². The first-order valence-corrected chi connectivity index (χ1v) is 6.43. The minimum absolute atomic E-state index is 0.389. The summed E-state index contributed by atoms with van der Waals surface area (Å²) < 4.78 is 2.11. The Bertz CT molecular complexity index is 289. The van der Waals surface area contributed by atoms with Crippen LogP contribution in [0.4, 0.5) is 0 Å². The Morgan fingerprint density at radius 1 is 1.25 bits per heavy atom. The number of aromatic nitrogens is 2. The molecule has 0 amide bonds. The van der Waals surface area contributed by atoms with Crippen molar-refractivity contribution in [3.8, 4) is 0 Å². The van der Waals surface area contributed by atoms with Crippen LogP contribution in [0.25, 0.3) is 0 Å². The third kappa shape index (κ3) is 3.34. The number of nitrogens with one attached hydrogen (secondary N) is 1. The van der Waals surface area contributed by atoms with Crippen molar-refractivity contribution >= 4 is 0 Å². The second-order valence-electron chi connectivity index (χ2n) is 4.45. The lowest BCUT2D eigenvalue weighted by Crippen LogP contribution is -2.28. The average Bonchev–Trinajstić information content (AvgIpc) is 2.71. The van der Waals surface area contributed by atoms with Gasteiger partial charge >= 0.3 is 0 Å². The van der Waals surface area contributed by atoms with E-state index in [-0.39, 0.29) is 0 Å². The highest BCUT2D eigenvalue weighted by atomic mass is 15.1. The fourth-order valence-corrected chi connectivity index (χ4v) is 2.02. The molecule has 0 aliphatic carbocycles. The van der Waals surface area contributed by atoms with E-state index in [2.05, 4.69) is 42.7 Å². The van der Waals surface area contributed by atoms with Crippen LogP contribution in [-0.2, 0) is 7.05 Å². The van der Waals surface area contributed by atoms with Crippen LogP contribution >= 0.6 is 0 Å². The Hall–Kier alpha value is -0.830. The summed E-state index contributed by atoms with van der Waals surface area (Å²) in [5.41, 5.74) is 0. The second-order valence-corrected chi connectivity index (χ2v) is 4.45. The number of nitrogens with zero attached hydrogens (tertiary/aromatic N) is 2. The first kappa shape index (κ1) is 13.2. The Balaban J connectivity index is 2.53. The molecule has 1 rings (SSSR count). The van der Waals surface area contributed by atoms with Crippen LogP contribution in [-0.4, -0.2) is 16.1 Å². The van der Waals surface area contributed by atoms with E-state index in [1.165, 1.54) is 12.8 Å². The smallest absolute Gasteiger partial charge is 0.125 e. The van der Waals surface area contributed by atoms with E-state index in [0.29, 0.717) is 6.04 Å². The van der Waals surface area contributed by atoms with Gasteiger partial charge in [0.2, 0.25) is 0 Å². The summed E-state index contributed by atoms with van der Waals surface area (Å²) in [5.74, 6) is 1.93. The second kappa shape index (κ2) is 6.69. The normalized spacial score (nSPS) is 13.3. The molecule has 0 aliphatic heterocycles. The molecule has 0 spiro atoms. The number of hydrogen-bond donors (Lipinski definition) is 1. The van der Waals surface area contributed by atoms with Crippen molar-refractivity contribution < 1.29 is 0 Å². The van der Waals surface area contributed by atoms with Crippen molar-refractivity contribution in [3.05, 3.63) is 18.2 Å². The Morgan fingerprint density at radius 3 is 2.38 bits per heavy atom. The minimum atomic E-state index is 0.389. The van der Waals surface area contributed by atoms with Crippen LogP contribution in [0.3, 0.4) is 0 Å². The van der Waals surface area contributed by atoms with E-state index in [4.69, 9.17) is 0 Å². The van der Waals surface area contributed by atoms with Gasteiger partial charge in [0, 0.05) is 19.4 Å². The molecule has 1 unspecified atom stereocenters. The Kier molecular flexibility index (Phi) is 5.53. The molecule has 0 radical (unpaired) electrons. The van der Waals surface area contributed by atoms with Gasteiger partial charge in [-0.1, -0.05) is 33.6 Å². The first-order valence-electron chi connectivity index (χ1n) is 6.43.